The van der Waals surface area contributed by atoms with Crippen LogP contribution in [-0.2, 0) is 0 Å². The maximum atomic E-state index is 6.01. The number of hydrogen-bond acceptors (Lipinski definition) is 1. The minimum absolute atomic E-state index is 0.602. The average molecular weight is 210 g/mol. The Balaban J connectivity index is 2.13. The van der Waals surface area contributed by atoms with Gasteiger partial charge in [-0.25, -0.2) is 0 Å². The van der Waals surface area contributed by atoms with Gasteiger partial charge in [-0.2, -0.15) is 0 Å². The fourth-order valence-corrected chi connectivity index (χ4v) is 2.27. The van der Waals surface area contributed by atoms with Gasteiger partial charge in [0.05, 0.1) is 5.84 Å². The van der Waals surface area contributed by atoms with Crippen molar-refractivity contribution in [2.75, 3.05) is 6.54 Å². The lowest BCUT2D eigenvalue weighted by Gasteiger charge is -2.20. The Bertz CT molecular complexity index is 181. The van der Waals surface area contributed by atoms with E-state index in [1.54, 1.807) is 0 Å². The van der Waals surface area contributed by atoms with Gasteiger partial charge in [-0.05, 0) is 19.3 Å². The van der Waals surface area contributed by atoms with Crippen LogP contribution in [0, 0.1) is 5.92 Å². The molecule has 1 saturated carbocycles. The standard InChI is InChI=1S/C13H26N2/c1-2-3-4-8-11-15-13(14)12-9-6-5-7-10-12/h12H,2-11H2,1H3,(H2,14,15). The number of aliphatic imine (C=N–C) groups is 1. The largest absolute Gasteiger partial charge is 0.387 e. The molecular weight excluding hydrogens is 184 g/mol. The summed E-state index contributed by atoms with van der Waals surface area (Å²) >= 11 is 0. The fourth-order valence-electron chi connectivity index (χ4n) is 2.27. The van der Waals surface area contributed by atoms with E-state index in [0.29, 0.717) is 5.92 Å². The third kappa shape index (κ3) is 5.19. The van der Waals surface area contributed by atoms with Crippen molar-refractivity contribution in [2.45, 2.75) is 64.7 Å². The first-order chi connectivity index (χ1) is 7.34. The molecule has 1 rings (SSSR count). The molecule has 0 aromatic heterocycles. The van der Waals surface area contributed by atoms with Crippen molar-refractivity contribution < 1.29 is 0 Å². The quantitative estimate of drug-likeness (QED) is 0.407. The van der Waals surface area contributed by atoms with Gasteiger partial charge in [0.25, 0.3) is 0 Å². The van der Waals surface area contributed by atoms with Crippen LogP contribution in [0.2, 0.25) is 0 Å². The van der Waals surface area contributed by atoms with Gasteiger partial charge in [0.15, 0.2) is 0 Å². The van der Waals surface area contributed by atoms with Crippen LogP contribution in [0.3, 0.4) is 0 Å². The van der Waals surface area contributed by atoms with Crippen molar-refractivity contribution >= 4 is 5.84 Å². The summed E-state index contributed by atoms with van der Waals surface area (Å²) in [7, 11) is 0. The first-order valence-corrected chi connectivity index (χ1v) is 6.64. The Hall–Kier alpha value is -0.530. The molecule has 0 heterocycles. The smallest absolute Gasteiger partial charge is 0.0968 e. The Morgan fingerprint density at radius 3 is 2.53 bits per heavy atom. The van der Waals surface area contributed by atoms with Crippen LogP contribution in [0.1, 0.15) is 64.7 Å². The van der Waals surface area contributed by atoms with Gasteiger partial charge >= 0.3 is 0 Å². The van der Waals surface area contributed by atoms with Crippen molar-refractivity contribution in [2.24, 2.45) is 16.6 Å². The molecule has 15 heavy (non-hydrogen) atoms. The zero-order valence-electron chi connectivity index (χ0n) is 10.2. The first kappa shape index (κ1) is 12.5. The highest BCUT2D eigenvalue weighted by Gasteiger charge is 2.16. The molecule has 0 amide bonds. The summed E-state index contributed by atoms with van der Waals surface area (Å²) in [6.45, 7) is 3.18. The number of rotatable bonds is 6. The van der Waals surface area contributed by atoms with Crippen molar-refractivity contribution in [1.29, 1.82) is 0 Å². The van der Waals surface area contributed by atoms with E-state index in [0.717, 1.165) is 12.4 Å². The minimum Gasteiger partial charge on any atom is -0.387 e. The maximum Gasteiger partial charge on any atom is 0.0968 e. The van der Waals surface area contributed by atoms with E-state index in [9.17, 15) is 0 Å². The summed E-state index contributed by atoms with van der Waals surface area (Å²) in [5.41, 5.74) is 6.01. The molecule has 2 heteroatoms. The van der Waals surface area contributed by atoms with Crippen LogP contribution in [0.4, 0.5) is 0 Å². The SMILES string of the molecule is CCCCCCN=C(N)C1CCCCC1. The molecule has 0 saturated heterocycles. The number of hydrogen-bond donors (Lipinski definition) is 1. The normalized spacial score (nSPS) is 19.4. The van der Waals surface area contributed by atoms with E-state index in [-0.39, 0.29) is 0 Å². The zero-order chi connectivity index (χ0) is 10.9. The van der Waals surface area contributed by atoms with Crippen molar-refractivity contribution in [1.82, 2.24) is 0 Å². The predicted octanol–water partition coefficient (Wildman–Crippen LogP) is 3.50. The summed E-state index contributed by atoms with van der Waals surface area (Å²) in [5.74, 6) is 1.54. The molecule has 0 radical (unpaired) electrons. The number of amidine groups is 1. The second kappa shape index (κ2) is 7.72. The highest BCUT2D eigenvalue weighted by atomic mass is 14.9. The zero-order valence-corrected chi connectivity index (χ0v) is 10.2. The maximum absolute atomic E-state index is 6.01. The monoisotopic (exact) mass is 210 g/mol. The summed E-state index contributed by atoms with van der Waals surface area (Å²) < 4.78 is 0. The van der Waals surface area contributed by atoms with E-state index in [4.69, 9.17) is 5.73 Å². The second-order valence-corrected chi connectivity index (χ2v) is 4.70. The van der Waals surface area contributed by atoms with Crippen LogP contribution in [-0.4, -0.2) is 12.4 Å². The Labute approximate surface area is 94.3 Å². The highest BCUT2D eigenvalue weighted by molar-refractivity contribution is 5.82. The summed E-state index contributed by atoms with van der Waals surface area (Å²) in [4.78, 5) is 4.51. The van der Waals surface area contributed by atoms with Gasteiger partial charge in [0, 0.05) is 12.5 Å². The summed E-state index contributed by atoms with van der Waals surface area (Å²) in [6.07, 6.45) is 11.8. The lowest BCUT2D eigenvalue weighted by atomic mass is 9.88. The first-order valence-electron chi connectivity index (χ1n) is 6.64. The molecule has 2 nitrogen and oxygen atoms in total. The molecule has 0 unspecified atom stereocenters. The van der Waals surface area contributed by atoms with E-state index in [1.165, 1.54) is 57.8 Å². The highest BCUT2D eigenvalue weighted by Crippen LogP contribution is 2.23. The topological polar surface area (TPSA) is 38.4 Å². The average Bonchev–Trinajstić information content (AvgIpc) is 2.30. The van der Waals surface area contributed by atoms with Gasteiger partial charge in [0.1, 0.15) is 0 Å². The Kier molecular flexibility index (Phi) is 6.45. The van der Waals surface area contributed by atoms with Crippen LogP contribution in [0.15, 0.2) is 4.99 Å². The van der Waals surface area contributed by atoms with E-state index < -0.39 is 0 Å². The second-order valence-electron chi connectivity index (χ2n) is 4.70. The van der Waals surface area contributed by atoms with Gasteiger partial charge in [-0.15, -0.1) is 0 Å². The van der Waals surface area contributed by atoms with Crippen molar-refractivity contribution in [3.63, 3.8) is 0 Å². The predicted molar refractivity (Wildman–Crippen MR) is 67.2 cm³/mol. The molecular formula is C13H26N2. The van der Waals surface area contributed by atoms with Crippen LogP contribution in [0.5, 0.6) is 0 Å². The van der Waals surface area contributed by atoms with E-state index >= 15 is 0 Å². The molecule has 1 aliphatic rings. The molecule has 0 spiro atoms. The third-order valence-electron chi connectivity index (χ3n) is 3.33. The molecule has 1 aliphatic carbocycles. The van der Waals surface area contributed by atoms with Crippen molar-refractivity contribution in [3.05, 3.63) is 0 Å². The van der Waals surface area contributed by atoms with Crippen LogP contribution >= 0.6 is 0 Å². The summed E-state index contributed by atoms with van der Waals surface area (Å²) in [5, 5.41) is 0. The molecule has 0 aliphatic heterocycles. The van der Waals surface area contributed by atoms with E-state index in [2.05, 4.69) is 11.9 Å². The summed E-state index contributed by atoms with van der Waals surface area (Å²) in [6, 6.07) is 0. The molecule has 2 N–H and O–H groups in total. The van der Waals surface area contributed by atoms with E-state index in [1.807, 2.05) is 0 Å². The molecule has 1 fully saturated rings. The number of nitrogens with zero attached hydrogens (tertiary/aromatic N) is 1. The number of nitrogens with two attached hydrogens (primary N) is 1. The van der Waals surface area contributed by atoms with Gasteiger partial charge in [-0.3, -0.25) is 4.99 Å². The fraction of sp³-hybridized carbons (Fsp3) is 0.923. The lowest BCUT2D eigenvalue weighted by molar-refractivity contribution is 0.436. The van der Waals surface area contributed by atoms with Gasteiger partial charge < -0.3 is 5.73 Å². The molecule has 0 aromatic rings. The van der Waals surface area contributed by atoms with Gasteiger partial charge in [-0.1, -0.05) is 45.4 Å². The third-order valence-corrected chi connectivity index (χ3v) is 3.33. The molecule has 0 bridgehead atoms. The van der Waals surface area contributed by atoms with Crippen LogP contribution in [0.25, 0.3) is 0 Å². The Morgan fingerprint density at radius 2 is 1.87 bits per heavy atom. The molecule has 0 atom stereocenters. The minimum atomic E-state index is 0.602. The Morgan fingerprint density at radius 1 is 1.13 bits per heavy atom. The lowest BCUT2D eigenvalue weighted by Crippen LogP contribution is -2.26. The number of unbranched alkanes of at least 4 members (excludes halogenated alkanes) is 3. The molecule has 88 valence electrons. The van der Waals surface area contributed by atoms with Crippen LogP contribution < -0.4 is 5.73 Å². The van der Waals surface area contributed by atoms with Gasteiger partial charge in [0.2, 0.25) is 0 Å². The molecule has 0 aromatic carbocycles. The van der Waals surface area contributed by atoms with Crippen molar-refractivity contribution in [3.8, 4) is 0 Å².